The van der Waals surface area contributed by atoms with Gasteiger partial charge in [-0.15, -0.1) is 0 Å². The molecule has 2 aliphatic rings. The van der Waals surface area contributed by atoms with Crippen LogP contribution in [0.5, 0.6) is 0 Å². The number of ether oxygens (including phenoxy) is 1. The van der Waals surface area contributed by atoms with Gasteiger partial charge in [-0.05, 0) is 32.9 Å². The van der Waals surface area contributed by atoms with E-state index < -0.39 is 17.5 Å². The van der Waals surface area contributed by atoms with Gasteiger partial charge in [-0.2, -0.15) is 0 Å². The molecule has 7 nitrogen and oxygen atoms in total. The van der Waals surface area contributed by atoms with E-state index in [-0.39, 0.29) is 6.04 Å². The first-order chi connectivity index (χ1) is 10.0. The lowest BCUT2D eigenvalue weighted by atomic mass is 9.90. The van der Waals surface area contributed by atoms with Crippen molar-refractivity contribution in [2.75, 3.05) is 32.8 Å². The summed E-state index contributed by atoms with van der Waals surface area (Å²) in [5.41, 5.74) is -1.20. The van der Waals surface area contributed by atoms with Crippen LogP contribution in [0.2, 0.25) is 0 Å². The Kier molecular flexibility index (Phi) is 5.41. The van der Waals surface area contributed by atoms with Crippen LogP contribution in [-0.2, 0) is 9.53 Å². The molecule has 2 amide bonds. The van der Waals surface area contributed by atoms with Gasteiger partial charge in [-0.3, -0.25) is 4.90 Å². The zero-order valence-electron chi connectivity index (χ0n) is 12.6. The first-order valence-electron chi connectivity index (χ1n) is 7.65. The van der Waals surface area contributed by atoms with Crippen molar-refractivity contribution in [3.63, 3.8) is 0 Å². The molecule has 7 heteroatoms. The second kappa shape index (κ2) is 7.09. The van der Waals surface area contributed by atoms with E-state index in [0.717, 1.165) is 13.1 Å². The van der Waals surface area contributed by atoms with Gasteiger partial charge in [0, 0.05) is 38.6 Å². The number of carboxylic acid groups (broad SMARTS) is 1. The predicted octanol–water partition coefficient (Wildman–Crippen LogP) is 0.404. The van der Waals surface area contributed by atoms with Gasteiger partial charge < -0.3 is 20.5 Å². The normalized spacial score (nSPS) is 23.5. The van der Waals surface area contributed by atoms with Crippen LogP contribution in [0.15, 0.2) is 0 Å². The van der Waals surface area contributed by atoms with E-state index in [2.05, 4.69) is 22.5 Å². The van der Waals surface area contributed by atoms with Crippen molar-refractivity contribution in [2.45, 2.75) is 44.2 Å². The summed E-state index contributed by atoms with van der Waals surface area (Å²) in [5, 5.41) is 14.8. The molecule has 0 aromatic rings. The number of aliphatic carboxylic acids is 1. The predicted molar refractivity (Wildman–Crippen MR) is 77.2 cm³/mol. The van der Waals surface area contributed by atoms with E-state index in [1.807, 2.05) is 0 Å². The Hall–Kier alpha value is -1.34. The largest absolute Gasteiger partial charge is 0.480 e. The molecule has 2 rings (SSSR count). The molecular formula is C14H25N3O4. The van der Waals surface area contributed by atoms with Crippen molar-refractivity contribution in [3.8, 4) is 0 Å². The molecular weight excluding hydrogens is 274 g/mol. The number of hydrogen-bond donors (Lipinski definition) is 3. The lowest BCUT2D eigenvalue weighted by molar-refractivity contribution is -0.148. The minimum absolute atomic E-state index is 0.272. The van der Waals surface area contributed by atoms with E-state index >= 15 is 0 Å². The summed E-state index contributed by atoms with van der Waals surface area (Å²) in [4.78, 5) is 25.8. The van der Waals surface area contributed by atoms with Crippen molar-refractivity contribution in [1.82, 2.24) is 15.5 Å². The van der Waals surface area contributed by atoms with Crippen molar-refractivity contribution < 1.29 is 19.4 Å². The molecule has 1 atom stereocenters. The van der Waals surface area contributed by atoms with Crippen LogP contribution >= 0.6 is 0 Å². The number of carbonyl (C=O) groups excluding carboxylic acids is 1. The summed E-state index contributed by atoms with van der Waals surface area (Å²) in [6, 6.07) is -0.140. The highest BCUT2D eigenvalue weighted by molar-refractivity contribution is 5.86. The fourth-order valence-electron chi connectivity index (χ4n) is 2.93. The third kappa shape index (κ3) is 4.07. The quantitative estimate of drug-likeness (QED) is 0.684. The molecule has 2 heterocycles. The topological polar surface area (TPSA) is 90.9 Å². The highest BCUT2D eigenvalue weighted by Crippen LogP contribution is 2.21. The first kappa shape index (κ1) is 16.0. The lowest BCUT2D eigenvalue weighted by Crippen LogP contribution is -2.60. The number of carbonyl (C=O) groups is 2. The Morgan fingerprint density at radius 3 is 2.48 bits per heavy atom. The molecule has 21 heavy (non-hydrogen) atoms. The molecule has 0 bridgehead atoms. The molecule has 0 aliphatic carbocycles. The maximum atomic E-state index is 12.0. The monoisotopic (exact) mass is 299 g/mol. The van der Waals surface area contributed by atoms with Crippen LogP contribution in [0.1, 0.15) is 32.6 Å². The average Bonchev–Trinajstić information content (AvgIpc) is 3.00. The summed E-state index contributed by atoms with van der Waals surface area (Å²) >= 11 is 0. The number of amides is 2. The van der Waals surface area contributed by atoms with Crippen LogP contribution in [0.3, 0.4) is 0 Å². The zero-order chi connectivity index (χ0) is 15.3. The van der Waals surface area contributed by atoms with Crippen LogP contribution in [0.4, 0.5) is 4.79 Å². The number of nitrogens with zero attached hydrogens (tertiary/aromatic N) is 1. The van der Waals surface area contributed by atoms with E-state index in [1.165, 1.54) is 12.8 Å². The number of urea groups is 1. The summed E-state index contributed by atoms with van der Waals surface area (Å²) in [5.74, 6) is -0.992. The summed E-state index contributed by atoms with van der Waals surface area (Å²) < 4.78 is 5.18. The van der Waals surface area contributed by atoms with Gasteiger partial charge in [0.1, 0.15) is 5.54 Å². The fraction of sp³-hybridized carbons (Fsp3) is 0.857. The minimum atomic E-state index is -1.20. The van der Waals surface area contributed by atoms with Gasteiger partial charge in [0.2, 0.25) is 0 Å². The summed E-state index contributed by atoms with van der Waals surface area (Å²) in [7, 11) is 0. The van der Waals surface area contributed by atoms with Crippen LogP contribution in [0, 0.1) is 0 Å². The van der Waals surface area contributed by atoms with Crippen molar-refractivity contribution in [2.24, 2.45) is 0 Å². The van der Waals surface area contributed by atoms with Gasteiger partial charge >= 0.3 is 12.0 Å². The van der Waals surface area contributed by atoms with E-state index in [1.54, 1.807) is 0 Å². The summed E-state index contributed by atoms with van der Waals surface area (Å²) in [6.07, 6.45) is 3.02. The number of likely N-dealkylation sites (tertiary alicyclic amines) is 1. The second-order valence-corrected chi connectivity index (χ2v) is 5.93. The zero-order valence-corrected chi connectivity index (χ0v) is 12.6. The fourth-order valence-corrected chi connectivity index (χ4v) is 2.93. The minimum Gasteiger partial charge on any atom is -0.480 e. The number of rotatable bonds is 5. The second-order valence-electron chi connectivity index (χ2n) is 5.93. The summed E-state index contributed by atoms with van der Waals surface area (Å²) in [6.45, 7) is 5.46. The van der Waals surface area contributed by atoms with Gasteiger partial charge in [-0.25, -0.2) is 9.59 Å². The SMILES string of the molecule is CC(CNC(=O)NC1(C(=O)O)CCOCC1)N1CCCC1. The number of nitrogens with one attached hydrogen (secondary N) is 2. The van der Waals surface area contributed by atoms with Gasteiger partial charge in [0.25, 0.3) is 0 Å². The van der Waals surface area contributed by atoms with Gasteiger partial charge in [0.15, 0.2) is 0 Å². The Bertz CT molecular complexity index is 376. The van der Waals surface area contributed by atoms with Crippen molar-refractivity contribution >= 4 is 12.0 Å². The molecule has 0 spiro atoms. The van der Waals surface area contributed by atoms with Crippen LogP contribution < -0.4 is 10.6 Å². The molecule has 2 aliphatic heterocycles. The molecule has 2 saturated heterocycles. The molecule has 0 aromatic carbocycles. The van der Waals surface area contributed by atoms with E-state index in [4.69, 9.17) is 4.74 Å². The number of carboxylic acids is 1. The smallest absolute Gasteiger partial charge is 0.329 e. The molecule has 120 valence electrons. The van der Waals surface area contributed by atoms with Crippen molar-refractivity contribution in [1.29, 1.82) is 0 Å². The molecule has 0 saturated carbocycles. The molecule has 0 radical (unpaired) electrons. The van der Waals surface area contributed by atoms with E-state index in [9.17, 15) is 14.7 Å². The van der Waals surface area contributed by atoms with E-state index in [0.29, 0.717) is 32.6 Å². The Morgan fingerprint density at radius 2 is 1.90 bits per heavy atom. The highest BCUT2D eigenvalue weighted by Gasteiger charge is 2.41. The Labute approximate surface area is 125 Å². The molecule has 1 unspecified atom stereocenters. The molecule has 2 fully saturated rings. The molecule has 3 N–H and O–H groups in total. The Balaban J connectivity index is 1.80. The standard InChI is InChI=1S/C14H25N3O4/c1-11(17-6-2-3-7-17)10-15-13(20)16-14(12(18)19)4-8-21-9-5-14/h11H,2-10H2,1H3,(H,18,19)(H2,15,16,20). The Morgan fingerprint density at radius 1 is 1.29 bits per heavy atom. The first-order valence-corrected chi connectivity index (χ1v) is 7.65. The lowest BCUT2D eigenvalue weighted by Gasteiger charge is -2.34. The van der Waals surface area contributed by atoms with Crippen LogP contribution in [-0.4, -0.2) is 66.4 Å². The molecule has 0 aromatic heterocycles. The van der Waals surface area contributed by atoms with Gasteiger partial charge in [0.05, 0.1) is 0 Å². The highest BCUT2D eigenvalue weighted by atomic mass is 16.5. The van der Waals surface area contributed by atoms with Crippen LogP contribution in [0.25, 0.3) is 0 Å². The number of hydrogen-bond acceptors (Lipinski definition) is 4. The average molecular weight is 299 g/mol. The third-order valence-electron chi connectivity index (χ3n) is 4.43. The third-order valence-corrected chi connectivity index (χ3v) is 4.43. The maximum Gasteiger partial charge on any atom is 0.329 e. The maximum absolute atomic E-state index is 12.0. The van der Waals surface area contributed by atoms with Crippen molar-refractivity contribution in [3.05, 3.63) is 0 Å². The van der Waals surface area contributed by atoms with Gasteiger partial charge in [-0.1, -0.05) is 0 Å².